The van der Waals surface area contributed by atoms with Crippen LogP contribution in [0.15, 0.2) is 59.9 Å². The molecule has 0 unspecified atom stereocenters. The Morgan fingerprint density at radius 1 is 1.22 bits per heavy atom. The number of methoxy groups -OCH3 is 1. The summed E-state index contributed by atoms with van der Waals surface area (Å²) in [5, 5.41) is 0.409. The molecule has 6 rings (SSSR count). The van der Waals surface area contributed by atoms with E-state index in [0.29, 0.717) is 28.9 Å². The summed E-state index contributed by atoms with van der Waals surface area (Å²) >= 11 is 0. The number of hydrogen-bond donors (Lipinski definition) is 0. The van der Waals surface area contributed by atoms with Crippen LogP contribution in [0.1, 0.15) is 57.6 Å². The second-order valence-corrected chi connectivity index (χ2v) is 10.8. The minimum atomic E-state index is -0.776. The summed E-state index contributed by atoms with van der Waals surface area (Å²) in [7, 11) is 1.55. The number of carbonyl (C=O) groups excluding carboxylic acids is 2. The van der Waals surface area contributed by atoms with E-state index in [1.807, 2.05) is 29.2 Å². The predicted molar refractivity (Wildman–Crippen MR) is 141 cm³/mol. The van der Waals surface area contributed by atoms with Gasteiger partial charge in [0.1, 0.15) is 23.8 Å². The molecule has 190 valence electrons. The zero-order chi connectivity index (χ0) is 26.4. The summed E-state index contributed by atoms with van der Waals surface area (Å²) < 4.78 is 6.85. The summed E-state index contributed by atoms with van der Waals surface area (Å²) in [6.07, 6.45) is 1.86. The van der Waals surface area contributed by atoms with E-state index in [9.17, 15) is 14.4 Å². The molecule has 1 saturated heterocycles. The molecule has 3 aliphatic rings. The van der Waals surface area contributed by atoms with Crippen LogP contribution in [0.25, 0.3) is 10.9 Å². The number of rotatable bonds is 3. The standard InChI is InChI=1S/C29H30N4O4/c1-7-28(4,5)29-15-23-24-30-21-13-12-18(37-6)14-19(21)26(36)31(24)16(2)25(35)33(23)27(29)32(17(3)34)22-11-9-8-10-20(22)29/h7-14,16,23,27H,1,15H2,2-6H3/t16-,23+,27+,29-/m1/s1. The molecule has 1 fully saturated rings. The Morgan fingerprint density at radius 3 is 2.62 bits per heavy atom. The van der Waals surface area contributed by atoms with Gasteiger partial charge in [0, 0.05) is 18.0 Å². The van der Waals surface area contributed by atoms with Crippen LogP contribution >= 0.6 is 0 Å². The third-order valence-corrected chi connectivity index (χ3v) is 8.88. The first kappa shape index (κ1) is 23.5. The lowest BCUT2D eigenvalue weighted by molar-refractivity contribution is -0.141. The SMILES string of the molecule is C=CC(C)(C)[C@@]12C[C@H]3c4nc5ccc(OC)cc5c(=O)n4[C@H](C)C(=O)N3[C@@H]1N(C(C)=O)c1ccccc12. The second-order valence-electron chi connectivity index (χ2n) is 10.8. The molecule has 0 bridgehead atoms. The van der Waals surface area contributed by atoms with Gasteiger partial charge in [-0.1, -0.05) is 38.1 Å². The van der Waals surface area contributed by atoms with Crippen LogP contribution in [-0.2, 0) is 15.0 Å². The Morgan fingerprint density at radius 2 is 1.95 bits per heavy atom. The van der Waals surface area contributed by atoms with E-state index >= 15 is 0 Å². The number of hydrogen-bond acceptors (Lipinski definition) is 5. The average Bonchev–Trinajstić information content (AvgIpc) is 3.39. The maximum atomic E-state index is 14.2. The molecule has 3 aliphatic heterocycles. The van der Waals surface area contributed by atoms with E-state index in [-0.39, 0.29) is 17.4 Å². The van der Waals surface area contributed by atoms with Gasteiger partial charge in [0.25, 0.3) is 5.56 Å². The minimum absolute atomic E-state index is 0.137. The molecule has 4 atom stereocenters. The molecule has 0 spiro atoms. The van der Waals surface area contributed by atoms with E-state index in [4.69, 9.17) is 9.72 Å². The zero-order valence-corrected chi connectivity index (χ0v) is 21.7. The summed E-state index contributed by atoms with van der Waals surface area (Å²) in [6, 6.07) is 11.8. The van der Waals surface area contributed by atoms with Crippen molar-refractivity contribution in [1.29, 1.82) is 0 Å². The number of carbonyl (C=O) groups is 2. The van der Waals surface area contributed by atoms with Crippen LogP contribution < -0.4 is 15.2 Å². The Bertz CT molecular complexity index is 1570. The Kier molecular flexibility index (Phi) is 4.78. The van der Waals surface area contributed by atoms with Crippen LogP contribution in [0.5, 0.6) is 5.75 Å². The monoisotopic (exact) mass is 498 g/mol. The van der Waals surface area contributed by atoms with Crippen molar-refractivity contribution in [3.63, 3.8) is 0 Å². The van der Waals surface area contributed by atoms with Gasteiger partial charge in [-0.25, -0.2) is 4.98 Å². The molecule has 2 aromatic carbocycles. The highest BCUT2D eigenvalue weighted by molar-refractivity contribution is 5.98. The van der Waals surface area contributed by atoms with Crippen molar-refractivity contribution in [2.75, 3.05) is 12.0 Å². The van der Waals surface area contributed by atoms with Crippen LogP contribution in [0.2, 0.25) is 0 Å². The molecular formula is C29H30N4O4. The fourth-order valence-electron chi connectivity index (χ4n) is 6.92. The van der Waals surface area contributed by atoms with Gasteiger partial charge in [-0.15, -0.1) is 6.58 Å². The molecular weight excluding hydrogens is 468 g/mol. The Labute approximate surface area is 215 Å². The first-order chi connectivity index (χ1) is 17.6. The van der Waals surface area contributed by atoms with Gasteiger partial charge in [0.05, 0.1) is 24.1 Å². The number of para-hydroxylation sites is 1. The van der Waals surface area contributed by atoms with Crippen molar-refractivity contribution in [2.45, 2.75) is 57.8 Å². The van der Waals surface area contributed by atoms with Crippen molar-refractivity contribution < 1.29 is 14.3 Å². The fourth-order valence-corrected chi connectivity index (χ4v) is 6.92. The first-order valence-electron chi connectivity index (χ1n) is 12.5. The van der Waals surface area contributed by atoms with Gasteiger partial charge in [0.15, 0.2) is 0 Å². The fraction of sp³-hybridized carbons (Fsp3) is 0.379. The van der Waals surface area contributed by atoms with Crippen molar-refractivity contribution in [2.24, 2.45) is 5.41 Å². The van der Waals surface area contributed by atoms with Crippen LogP contribution in [-0.4, -0.2) is 39.5 Å². The molecule has 2 amide bonds. The quantitative estimate of drug-likeness (QED) is 0.508. The number of ether oxygens (including phenoxy) is 1. The maximum Gasteiger partial charge on any atom is 0.262 e. The first-order valence-corrected chi connectivity index (χ1v) is 12.5. The lowest BCUT2D eigenvalue weighted by Gasteiger charge is -2.46. The summed E-state index contributed by atoms with van der Waals surface area (Å²) in [5.41, 5.74) is 0.978. The number of amides is 2. The van der Waals surface area contributed by atoms with Crippen LogP contribution in [0, 0.1) is 5.41 Å². The molecule has 0 saturated carbocycles. The molecule has 37 heavy (non-hydrogen) atoms. The van der Waals surface area contributed by atoms with E-state index in [0.717, 1.165) is 11.3 Å². The molecule has 8 heteroatoms. The van der Waals surface area contributed by atoms with Crippen LogP contribution in [0.4, 0.5) is 5.69 Å². The summed E-state index contributed by atoms with van der Waals surface area (Å²) in [6.45, 7) is 11.6. The highest BCUT2D eigenvalue weighted by Crippen LogP contribution is 2.65. The molecule has 8 nitrogen and oxygen atoms in total. The topological polar surface area (TPSA) is 84.7 Å². The van der Waals surface area contributed by atoms with E-state index in [1.54, 1.807) is 37.1 Å². The average molecular weight is 499 g/mol. The number of aromatic nitrogens is 2. The van der Waals surface area contributed by atoms with Gasteiger partial charge >= 0.3 is 0 Å². The molecule has 3 aromatic rings. The Hall–Kier alpha value is -3.94. The highest BCUT2D eigenvalue weighted by atomic mass is 16.5. The van der Waals surface area contributed by atoms with E-state index < -0.39 is 29.1 Å². The molecule has 0 N–H and O–H groups in total. The summed E-state index contributed by atoms with van der Waals surface area (Å²) in [4.78, 5) is 49.6. The van der Waals surface area contributed by atoms with Gasteiger partial charge in [-0.2, -0.15) is 0 Å². The zero-order valence-electron chi connectivity index (χ0n) is 21.7. The minimum Gasteiger partial charge on any atom is -0.497 e. The number of anilines is 1. The van der Waals surface area contributed by atoms with Gasteiger partial charge in [-0.3, -0.25) is 23.9 Å². The van der Waals surface area contributed by atoms with Crippen molar-refractivity contribution in [1.82, 2.24) is 14.5 Å². The largest absolute Gasteiger partial charge is 0.497 e. The Balaban J connectivity index is 1.66. The van der Waals surface area contributed by atoms with E-state index in [1.165, 1.54) is 11.5 Å². The normalized spacial score (nSPS) is 26.0. The number of allylic oxidation sites excluding steroid dienone is 1. The third kappa shape index (κ3) is 2.73. The summed E-state index contributed by atoms with van der Waals surface area (Å²) in [5.74, 6) is 0.764. The lowest BCUT2D eigenvalue weighted by atomic mass is 9.60. The smallest absolute Gasteiger partial charge is 0.262 e. The number of fused-ring (bicyclic) bond motifs is 8. The maximum absolute atomic E-state index is 14.2. The third-order valence-electron chi connectivity index (χ3n) is 8.88. The van der Waals surface area contributed by atoms with Crippen molar-refractivity contribution in [3.05, 3.63) is 76.9 Å². The molecule has 4 heterocycles. The predicted octanol–water partition coefficient (Wildman–Crippen LogP) is 4.10. The van der Waals surface area contributed by atoms with Gasteiger partial charge in [0.2, 0.25) is 11.8 Å². The molecule has 0 aliphatic carbocycles. The molecule has 1 aromatic heterocycles. The second kappa shape index (κ2) is 7.54. The highest BCUT2D eigenvalue weighted by Gasteiger charge is 2.69. The van der Waals surface area contributed by atoms with E-state index in [2.05, 4.69) is 26.5 Å². The van der Waals surface area contributed by atoms with Crippen molar-refractivity contribution in [3.8, 4) is 5.75 Å². The number of benzene rings is 2. The van der Waals surface area contributed by atoms with Crippen molar-refractivity contribution >= 4 is 28.4 Å². The molecule has 0 radical (unpaired) electrons. The van der Waals surface area contributed by atoms with Crippen LogP contribution in [0.3, 0.4) is 0 Å². The van der Waals surface area contributed by atoms with Gasteiger partial charge < -0.3 is 9.64 Å². The van der Waals surface area contributed by atoms with Gasteiger partial charge in [-0.05, 0) is 48.6 Å². The lowest BCUT2D eigenvalue weighted by Crippen LogP contribution is -2.59. The number of nitrogens with zero attached hydrogens (tertiary/aromatic N) is 4.